The highest BCUT2D eigenvalue weighted by Gasteiger charge is 2.40. The fraction of sp³-hybridized carbons (Fsp3) is 0.538. The van der Waals surface area contributed by atoms with E-state index < -0.39 is 0 Å². The van der Waals surface area contributed by atoms with Crippen LogP contribution in [0.15, 0.2) is 18.3 Å². The van der Waals surface area contributed by atoms with Gasteiger partial charge in [0.1, 0.15) is 10.7 Å². The number of rotatable bonds is 4. The molecule has 3 N–H and O–H groups in total. The SMILES string of the molecule is NC(=S)c1ncccc1NC1CCOC1C1CC1. The lowest BCUT2D eigenvalue weighted by Gasteiger charge is -2.21. The van der Waals surface area contributed by atoms with Gasteiger partial charge in [-0.05, 0) is 37.3 Å². The Hall–Kier alpha value is -1.20. The van der Waals surface area contributed by atoms with E-state index in [-0.39, 0.29) is 0 Å². The normalized spacial score (nSPS) is 27.1. The topological polar surface area (TPSA) is 60.2 Å². The lowest BCUT2D eigenvalue weighted by atomic mass is 10.1. The summed E-state index contributed by atoms with van der Waals surface area (Å²) < 4.78 is 5.82. The molecule has 0 radical (unpaired) electrons. The third-order valence-electron chi connectivity index (χ3n) is 3.60. The van der Waals surface area contributed by atoms with Crippen molar-refractivity contribution >= 4 is 22.9 Å². The first-order valence-electron chi connectivity index (χ1n) is 6.38. The van der Waals surface area contributed by atoms with Gasteiger partial charge in [-0.1, -0.05) is 12.2 Å². The van der Waals surface area contributed by atoms with E-state index in [4.69, 9.17) is 22.7 Å². The number of nitrogens with two attached hydrogens (primary N) is 1. The number of nitrogens with one attached hydrogen (secondary N) is 1. The van der Waals surface area contributed by atoms with Gasteiger partial charge in [-0.3, -0.25) is 4.98 Å². The van der Waals surface area contributed by atoms with Crippen LogP contribution in [0.2, 0.25) is 0 Å². The first kappa shape index (κ1) is 11.9. The number of nitrogens with zero attached hydrogens (tertiary/aromatic N) is 1. The third kappa shape index (κ3) is 2.33. The molecule has 1 aromatic heterocycles. The minimum Gasteiger partial charge on any atom is -0.388 e. The molecule has 3 rings (SSSR count). The van der Waals surface area contributed by atoms with Crippen LogP contribution in [0.1, 0.15) is 25.0 Å². The molecule has 0 aromatic carbocycles. The van der Waals surface area contributed by atoms with Gasteiger partial charge >= 0.3 is 0 Å². The molecule has 18 heavy (non-hydrogen) atoms. The Kier molecular flexibility index (Phi) is 3.18. The number of hydrogen-bond acceptors (Lipinski definition) is 4. The van der Waals surface area contributed by atoms with Crippen LogP contribution >= 0.6 is 12.2 Å². The number of ether oxygens (including phenoxy) is 1. The summed E-state index contributed by atoms with van der Waals surface area (Å²) in [5, 5.41) is 3.51. The molecule has 1 aliphatic heterocycles. The van der Waals surface area contributed by atoms with Crippen LogP contribution in [0.25, 0.3) is 0 Å². The quantitative estimate of drug-likeness (QED) is 0.810. The maximum Gasteiger partial charge on any atom is 0.124 e. The maximum atomic E-state index is 5.82. The Morgan fingerprint density at radius 3 is 3.00 bits per heavy atom. The lowest BCUT2D eigenvalue weighted by Crippen LogP contribution is -2.32. The summed E-state index contributed by atoms with van der Waals surface area (Å²) in [4.78, 5) is 4.57. The highest BCUT2D eigenvalue weighted by atomic mass is 32.1. The highest BCUT2D eigenvalue weighted by molar-refractivity contribution is 7.80. The van der Waals surface area contributed by atoms with Crippen molar-refractivity contribution in [1.82, 2.24) is 4.98 Å². The molecule has 0 amide bonds. The van der Waals surface area contributed by atoms with E-state index in [1.807, 2.05) is 12.1 Å². The summed E-state index contributed by atoms with van der Waals surface area (Å²) in [6, 6.07) is 4.23. The average Bonchev–Trinajstić information content (AvgIpc) is 3.11. The van der Waals surface area contributed by atoms with Gasteiger partial charge in [0.05, 0.1) is 17.8 Å². The molecule has 1 saturated carbocycles. The molecule has 1 saturated heterocycles. The van der Waals surface area contributed by atoms with Gasteiger partial charge in [0.2, 0.25) is 0 Å². The molecule has 1 aromatic rings. The van der Waals surface area contributed by atoms with Crippen molar-refractivity contribution in [1.29, 1.82) is 0 Å². The highest BCUT2D eigenvalue weighted by Crippen LogP contribution is 2.39. The molecule has 2 atom stereocenters. The second kappa shape index (κ2) is 4.82. The van der Waals surface area contributed by atoms with Crippen molar-refractivity contribution < 1.29 is 4.74 Å². The predicted octanol–water partition coefficient (Wildman–Crippen LogP) is 1.70. The fourth-order valence-corrected chi connectivity index (χ4v) is 2.74. The molecular formula is C13H17N3OS. The van der Waals surface area contributed by atoms with Crippen molar-refractivity contribution in [2.75, 3.05) is 11.9 Å². The lowest BCUT2D eigenvalue weighted by molar-refractivity contribution is 0.0898. The Morgan fingerprint density at radius 1 is 1.44 bits per heavy atom. The van der Waals surface area contributed by atoms with Gasteiger partial charge in [0, 0.05) is 12.8 Å². The molecular weight excluding hydrogens is 246 g/mol. The van der Waals surface area contributed by atoms with Crippen molar-refractivity contribution in [3.8, 4) is 0 Å². The Labute approximate surface area is 112 Å². The van der Waals surface area contributed by atoms with Gasteiger partial charge in [-0.2, -0.15) is 0 Å². The summed E-state index contributed by atoms with van der Waals surface area (Å²) in [5.41, 5.74) is 7.29. The predicted molar refractivity (Wildman–Crippen MR) is 74.6 cm³/mol. The van der Waals surface area contributed by atoms with Crippen LogP contribution in [-0.2, 0) is 4.74 Å². The van der Waals surface area contributed by atoms with Crippen LogP contribution in [0.3, 0.4) is 0 Å². The van der Waals surface area contributed by atoms with E-state index in [1.54, 1.807) is 6.20 Å². The summed E-state index contributed by atoms with van der Waals surface area (Å²) in [7, 11) is 0. The number of pyridine rings is 1. The minimum atomic E-state index is 0.333. The zero-order valence-electron chi connectivity index (χ0n) is 10.1. The molecule has 2 unspecified atom stereocenters. The number of thiocarbonyl (C=S) groups is 1. The van der Waals surface area contributed by atoms with Gasteiger partial charge in [0.25, 0.3) is 0 Å². The van der Waals surface area contributed by atoms with E-state index >= 15 is 0 Å². The van der Waals surface area contributed by atoms with E-state index in [0.717, 1.165) is 24.6 Å². The smallest absolute Gasteiger partial charge is 0.124 e. The zero-order chi connectivity index (χ0) is 12.5. The first-order chi connectivity index (χ1) is 8.75. The van der Waals surface area contributed by atoms with Gasteiger partial charge in [-0.25, -0.2) is 0 Å². The van der Waals surface area contributed by atoms with Gasteiger partial charge < -0.3 is 15.8 Å². The largest absolute Gasteiger partial charge is 0.388 e. The standard InChI is InChI=1S/C13H17N3OS/c14-13(18)11-9(2-1-6-15-11)16-10-5-7-17-12(10)8-3-4-8/h1-2,6,8,10,12,16H,3-5,7H2,(H2,14,18). The minimum absolute atomic E-state index is 0.333. The number of hydrogen-bond donors (Lipinski definition) is 2. The Morgan fingerprint density at radius 2 is 2.28 bits per heavy atom. The average molecular weight is 263 g/mol. The number of anilines is 1. The molecule has 96 valence electrons. The molecule has 2 aliphatic rings. The van der Waals surface area contributed by atoms with Crippen LogP contribution in [0, 0.1) is 5.92 Å². The fourth-order valence-electron chi connectivity index (χ4n) is 2.57. The van der Waals surface area contributed by atoms with Crippen molar-refractivity contribution in [3.63, 3.8) is 0 Å². The molecule has 0 spiro atoms. The van der Waals surface area contributed by atoms with Gasteiger partial charge in [-0.15, -0.1) is 0 Å². The number of aromatic nitrogens is 1. The van der Waals surface area contributed by atoms with Crippen LogP contribution in [0.4, 0.5) is 5.69 Å². The molecule has 0 bridgehead atoms. The van der Waals surface area contributed by atoms with Crippen molar-refractivity contribution in [3.05, 3.63) is 24.0 Å². The Balaban J connectivity index is 1.77. The Bertz CT molecular complexity index is 461. The molecule has 4 nitrogen and oxygen atoms in total. The molecule has 2 heterocycles. The second-order valence-electron chi connectivity index (χ2n) is 4.98. The van der Waals surface area contributed by atoms with Crippen LogP contribution < -0.4 is 11.1 Å². The van der Waals surface area contributed by atoms with Gasteiger partial charge in [0.15, 0.2) is 0 Å². The summed E-state index contributed by atoms with van der Waals surface area (Å²) in [5.74, 6) is 0.731. The van der Waals surface area contributed by atoms with Crippen LogP contribution in [0.5, 0.6) is 0 Å². The summed E-state index contributed by atoms with van der Waals surface area (Å²) in [6.07, 6.45) is 5.66. The molecule has 2 fully saturated rings. The third-order valence-corrected chi connectivity index (χ3v) is 3.80. The van der Waals surface area contributed by atoms with E-state index in [2.05, 4.69) is 10.3 Å². The van der Waals surface area contributed by atoms with Crippen molar-refractivity contribution in [2.24, 2.45) is 11.7 Å². The van der Waals surface area contributed by atoms with E-state index in [1.165, 1.54) is 12.8 Å². The van der Waals surface area contributed by atoms with E-state index in [9.17, 15) is 0 Å². The first-order valence-corrected chi connectivity index (χ1v) is 6.79. The molecule has 5 heteroatoms. The second-order valence-corrected chi connectivity index (χ2v) is 5.42. The van der Waals surface area contributed by atoms with Crippen LogP contribution in [-0.4, -0.2) is 28.7 Å². The zero-order valence-corrected chi connectivity index (χ0v) is 11.0. The summed E-state index contributed by atoms with van der Waals surface area (Å²) >= 11 is 5.03. The monoisotopic (exact) mass is 263 g/mol. The summed E-state index contributed by atoms with van der Waals surface area (Å²) in [6.45, 7) is 0.835. The van der Waals surface area contributed by atoms with E-state index in [0.29, 0.717) is 22.8 Å². The maximum absolute atomic E-state index is 5.82. The molecule has 1 aliphatic carbocycles. The van der Waals surface area contributed by atoms with Crippen molar-refractivity contribution in [2.45, 2.75) is 31.4 Å².